The van der Waals surface area contributed by atoms with Gasteiger partial charge in [-0.1, -0.05) is 6.07 Å². The lowest BCUT2D eigenvalue weighted by Crippen LogP contribution is -2.17. The third-order valence-corrected chi connectivity index (χ3v) is 3.71. The molecule has 0 bridgehead atoms. The Balaban J connectivity index is 2.00. The lowest BCUT2D eigenvalue weighted by Gasteiger charge is -2.13. The second-order valence-electron chi connectivity index (χ2n) is 4.98. The maximum absolute atomic E-state index is 4.28. The molecule has 1 aliphatic heterocycles. The number of aromatic nitrogens is 3. The Kier molecular flexibility index (Phi) is 2.88. The van der Waals surface area contributed by atoms with Crippen LogP contribution in [0.1, 0.15) is 35.8 Å². The minimum Gasteiger partial charge on any atom is -0.307 e. The Bertz CT molecular complexity index is 553. The molecule has 1 saturated heterocycles. The van der Waals surface area contributed by atoms with Crippen molar-refractivity contribution in [3.63, 3.8) is 0 Å². The van der Waals surface area contributed by atoms with Gasteiger partial charge in [-0.25, -0.2) is 0 Å². The van der Waals surface area contributed by atoms with Crippen molar-refractivity contribution in [1.82, 2.24) is 20.1 Å². The van der Waals surface area contributed by atoms with Gasteiger partial charge in [-0.05, 0) is 56.5 Å². The molecule has 18 heavy (non-hydrogen) atoms. The summed E-state index contributed by atoms with van der Waals surface area (Å²) < 4.78 is 2.09. The summed E-state index contributed by atoms with van der Waals surface area (Å²) in [5, 5.41) is 11.8. The Morgan fingerprint density at radius 2 is 2.17 bits per heavy atom. The Labute approximate surface area is 107 Å². The molecule has 0 spiro atoms. The van der Waals surface area contributed by atoms with Gasteiger partial charge in [-0.15, -0.1) is 10.2 Å². The van der Waals surface area contributed by atoms with Crippen LogP contribution in [-0.4, -0.2) is 21.3 Å². The largest absolute Gasteiger partial charge is 0.307 e. The number of nitrogens with one attached hydrogen (secondary N) is 1. The van der Waals surface area contributed by atoms with Crippen LogP contribution in [0.5, 0.6) is 0 Å². The molecule has 1 aromatic heterocycles. The predicted molar refractivity (Wildman–Crippen MR) is 70.8 cm³/mol. The molecule has 1 atom stereocenters. The van der Waals surface area contributed by atoms with Crippen molar-refractivity contribution in [2.45, 2.75) is 32.7 Å². The van der Waals surface area contributed by atoms with Crippen LogP contribution in [0.3, 0.4) is 0 Å². The first-order valence-corrected chi connectivity index (χ1v) is 6.46. The van der Waals surface area contributed by atoms with Crippen molar-refractivity contribution in [2.24, 2.45) is 0 Å². The minimum absolute atomic E-state index is 0.342. The summed E-state index contributed by atoms with van der Waals surface area (Å²) in [6, 6.07) is 6.81. The van der Waals surface area contributed by atoms with Crippen LogP contribution in [0.2, 0.25) is 0 Å². The van der Waals surface area contributed by atoms with E-state index in [-0.39, 0.29) is 0 Å². The van der Waals surface area contributed by atoms with E-state index in [1.807, 2.05) is 0 Å². The van der Waals surface area contributed by atoms with Gasteiger partial charge < -0.3 is 5.32 Å². The highest BCUT2D eigenvalue weighted by Gasteiger charge is 2.22. The monoisotopic (exact) mass is 242 g/mol. The molecule has 94 valence electrons. The standard InChI is InChI=1S/C14H18N4/c1-10-5-6-12(8-11(10)2)18-9-16-17-14(18)13-4-3-7-15-13/h5-6,8-9,13,15H,3-4,7H2,1-2H3. The number of nitrogens with zero attached hydrogens (tertiary/aromatic N) is 3. The first kappa shape index (κ1) is 11.4. The number of hydrogen-bond acceptors (Lipinski definition) is 3. The van der Waals surface area contributed by atoms with E-state index in [0.29, 0.717) is 6.04 Å². The molecule has 0 radical (unpaired) electrons. The molecule has 0 amide bonds. The van der Waals surface area contributed by atoms with E-state index in [2.05, 4.69) is 52.1 Å². The van der Waals surface area contributed by atoms with Gasteiger partial charge in [0, 0.05) is 5.69 Å². The fraction of sp³-hybridized carbons (Fsp3) is 0.429. The van der Waals surface area contributed by atoms with Crippen molar-refractivity contribution in [3.05, 3.63) is 41.5 Å². The highest BCUT2D eigenvalue weighted by Crippen LogP contribution is 2.24. The third-order valence-electron chi connectivity index (χ3n) is 3.71. The van der Waals surface area contributed by atoms with E-state index in [0.717, 1.165) is 24.5 Å². The normalized spacial score (nSPS) is 19.3. The summed E-state index contributed by atoms with van der Waals surface area (Å²) in [5.74, 6) is 1.02. The number of hydrogen-bond donors (Lipinski definition) is 1. The summed E-state index contributed by atoms with van der Waals surface area (Å²) in [6.07, 6.45) is 4.16. The van der Waals surface area contributed by atoms with Gasteiger partial charge in [0.25, 0.3) is 0 Å². The van der Waals surface area contributed by atoms with Gasteiger partial charge in [0.1, 0.15) is 6.33 Å². The summed E-state index contributed by atoms with van der Waals surface area (Å²) in [5.41, 5.74) is 3.76. The number of rotatable bonds is 2. The highest BCUT2D eigenvalue weighted by atomic mass is 15.3. The molecule has 0 aliphatic carbocycles. The SMILES string of the molecule is Cc1ccc(-n2cnnc2C2CCCN2)cc1C. The van der Waals surface area contributed by atoms with Crippen LogP contribution < -0.4 is 5.32 Å². The van der Waals surface area contributed by atoms with Crippen molar-refractivity contribution in [1.29, 1.82) is 0 Å². The maximum atomic E-state index is 4.28. The molecule has 1 fully saturated rings. The summed E-state index contributed by atoms with van der Waals surface area (Å²) in [7, 11) is 0. The zero-order valence-corrected chi connectivity index (χ0v) is 10.8. The van der Waals surface area contributed by atoms with Gasteiger partial charge in [0.15, 0.2) is 5.82 Å². The van der Waals surface area contributed by atoms with E-state index in [1.165, 1.54) is 17.5 Å². The van der Waals surface area contributed by atoms with Crippen LogP contribution in [-0.2, 0) is 0 Å². The molecular weight excluding hydrogens is 224 g/mol. The minimum atomic E-state index is 0.342. The van der Waals surface area contributed by atoms with Crippen molar-refractivity contribution in [3.8, 4) is 5.69 Å². The van der Waals surface area contributed by atoms with Gasteiger partial charge >= 0.3 is 0 Å². The fourth-order valence-corrected chi connectivity index (χ4v) is 2.46. The van der Waals surface area contributed by atoms with Crippen LogP contribution in [0, 0.1) is 13.8 Å². The molecule has 1 unspecified atom stereocenters. The second kappa shape index (κ2) is 4.53. The molecule has 4 nitrogen and oxygen atoms in total. The molecule has 4 heteroatoms. The maximum Gasteiger partial charge on any atom is 0.154 e. The van der Waals surface area contributed by atoms with Gasteiger partial charge in [0.2, 0.25) is 0 Å². The van der Waals surface area contributed by atoms with E-state index in [9.17, 15) is 0 Å². The zero-order valence-electron chi connectivity index (χ0n) is 10.8. The number of benzene rings is 1. The molecule has 3 rings (SSSR count). The summed E-state index contributed by atoms with van der Waals surface area (Å²) in [6.45, 7) is 5.34. The predicted octanol–water partition coefficient (Wildman–Crippen LogP) is 2.31. The van der Waals surface area contributed by atoms with E-state index >= 15 is 0 Å². The van der Waals surface area contributed by atoms with Crippen LogP contribution in [0.4, 0.5) is 0 Å². The van der Waals surface area contributed by atoms with E-state index in [4.69, 9.17) is 0 Å². The molecule has 1 N–H and O–H groups in total. The van der Waals surface area contributed by atoms with Gasteiger partial charge in [-0.2, -0.15) is 0 Å². The molecule has 1 aromatic carbocycles. The Morgan fingerprint density at radius 3 is 2.89 bits per heavy atom. The van der Waals surface area contributed by atoms with Gasteiger partial charge in [0.05, 0.1) is 6.04 Å². The Morgan fingerprint density at radius 1 is 1.28 bits per heavy atom. The Hall–Kier alpha value is -1.68. The lowest BCUT2D eigenvalue weighted by atomic mass is 10.1. The molecule has 0 saturated carbocycles. The summed E-state index contributed by atoms with van der Waals surface area (Å²) >= 11 is 0. The first-order chi connectivity index (χ1) is 8.75. The highest BCUT2D eigenvalue weighted by molar-refractivity contribution is 5.40. The quantitative estimate of drug-likeness (QED) is 0.878. The molecule has 1 aliphatic rings. The smallest absolute Gasteiger partial charge is 0.154 e. The second-order valence-corrected chi connectivity index (χ2v) is 4.98. The van der Waals surface area contributed by atoms with Crippen LogP contribution >= 0.6 is 0 Å². The zero-order chi connectivity index (χ0) is 12.5. The van der Waals surface area contributed by atoms with Crippen molar-refractivity contribution in [2.75, 3.05) is 6.54 Å². The molecular formula is C14H18N4. The van der Waals surface area contributed by atoms with Crippen molar-refractivity contribution >= 4 is 0 Å². The van der Waals surface area contributed by atoms with Crippen LogP contribution in [0.25, 0.3) is 5.69 Å². The van der Waals surface area contributed by atoms with Crippen LogP contribution in [0.15, 0.2) is 24.5 Å². The fourth-order valence-electron chi connectivity index (χ4n) is 2.46. The van der Waals surface area contributed by atoms with Crippen molar-refractivity contribution < 1.29 is 0 Å². The average molecular weight is 242 g/mol. The molecule has 2 aromatic rings. The third kappa shape index (κ3) is 1.93. The average Bonchev–Trinajstić information content (AvgIpc) is 3.00. The van der Waals surface area contributed by atoms with E-state index in [1.54, 1.807) is 6.33 Å². The summed E-state index contributed by atoms with van der Waals surface area (Å²) in [4.78, 5) is 0. The first-order valence-electron chi connectivity index (χ1n) is 6.46. The lowest BCUT2D eigenvalue weighted by molar-refractivity contribution is 0.592. The molecule has 2 heterocycles. The van der Waals surface area contributed by atoms with Gasteiger partial charge in [-0.3, -0.25) is 4.57 Å². The topological polar surface area (TPSA) is 42.7 Å². The van der Waals surface area contributed by atoms with E-state index < -0.39 is 0 Å². The number of aryl methyl sites for hydroxylation is 2.